The van der Waals surface area contributed by atoms with Crippen LogP contribution in [0.1, 0.15) is 78.6 Å². The lowest BCUT2D eigenvalue weighted by Crippen LogP contribution is -2.38. The van der Waals surface area contributed by atoms with Crippen LogP contribution >= 0.6 is 0 Å². The summed E-state index contributed by atoms with van der Waals surface area (Å²) in [6.07, 6.45) is 9.67. The minimum atomic E-state index is -0.781. The molecule has 5 nitrogen and oxygen atoms in total. The quantitative estimate of drug-likeness (QED) is 0.725. The molecule has 1 atom stereocenters. The van der Waals surface area contributed by atoms with Gasteiger partial charge < -0.3 is 10.0 Å². The van der Waals surface area contributed by atoms with Crippen LogP contribution in [0.5, 0.6) is 0 Å². The molecule has 1 saturated carbocycles. The highest BCUT2D eigenvalue weighted by Gasteiger charge is 2.33. The van der Waals surface area contributed by atoms with Gasteiger partial charge in [-0.15, -0.1) is 0 Å². The van der Waals surface area contributed by atoms with E-state index in [4.69, 9.17) is 5.11 Å². The average molecular weight is 381 g/mol. The van der Waals surface area contributed by atoms with Gasteiger partial charge in [-0.3, -0.25) is 14.5 Å². The van der Waals surface area contributed by atoms with E-state index < -0.39 is 5.97 Å². The maximum absolute atomic E-state index is 12.8. The van der Waals surface area contributed by atoms with E-state index in [1.165, 1.54) is 32.1 Å². The maximum Gasteiger partial charge on any atom is 0.317 e. The summed E-state index contributed by atoms with van der Waals surface area (Å²) in [5.41, 5.74) is 0.427. The molecule has 1 aliphatic heterocycles. The zero-order chi connectivity index (χ0) is 20.0. The van der Waals surface area contributed by atoms with Crippen LogP contribution in [0.25, 0.3) is 0 Å². The second-order valence-electron chi connectivity index (χ2n) is 9.54. The number of hydrogen-bond acceptors (Lipinski definition) is 3. The standard InChI is InChI=1S/C22H40N2O3/c1-5-22(2,3)18-10-8-17(9-11-18)15-20(25)24-13-6-7-19(12-14-24)23(4)16-21(26)27/h17-19H,5-16H2,1-4H3,(H,26,27). The van der Waals surface area contributed by atoms with Crippen molar-refractivity contribution in [2.45, 2.75) is 84.6 Å². The van der Waals surface area contributed by atoms with Gasteiger partial charge in [-0.2, -0.15) is 0 Å². The van der Waals surface area contributed by atoms with E-state index in [1.807, 2.05) is 16.8 Å². The number of hydrogen-bond donors (Lipinski definition) is 1. The Balaban J connectivity index is 1.77. The summed E-state index contributed by atoms with van der Waals surface area (Å²) >= 11 is 0. The van der Waals surface area contributed by atoms with E-state index in [0.717, 1.165) is 38.3 Å². The van der Waals surface area contributed by atoms with Crippen LogP contribution in [-0.4, -0.2) is 59.5 Å². The second kappa shape index (κ2) is 9.90. The van der Waals surface area contributed by atoms with Crippen molar-refractivity contribution >= 4 is 11.9 Å². The molecule has 1 amide bonds. The van der Waals surface area contributed by atoms with Gasteiger partial charge in [0.1, 0.15) is 0 Å². The molecule has 1 aliphatic carbocycles. The number of amides is 1. The molecule has 1 N–H and O–H groups in total. The fourth-order valence-electron chi connectivity index (χ4n) is 4.92. The molecule has 0 aromatic rings. The van der Waals surface area contributed by atoms with Gasteiger partial charge in [-0.1, -0.05) is 27.2 Å². The zero-order valence-corrected chi connectivity index (χ0v) is 17.9. The molecule has 0 radical (unpaired) electrons. The second-order valence-corrected chi connectivity index (χ2v) is 9.54. The van der Waals surface area contributed by atoms with Crippen molar-refractivity contribution in [3.63, 3.8) is 0 Å². The number of likely N-dealkylation sites (tertiary alicyclic amines) is 1. The Morgan fingerprint density at radius 1 is 1.07 bits per heavy atom. The van der Waals surface area contributed by atoms with E-state index >= 15 is 0 Å². The number of aliphatic carboxylic acids is 1. The third kappa shape index (κ3) is 6.48. The number of carbonyl (C=O) groups excluding carboxylic acids is 1. The SMILES string of the molecule is CCC(C)(C)C1CCC(CC(=O)N2CCCC(N(C)CC(=O)O)CC2)CC1. The Hall–Kier alpha value is -1.10. The average Bonchev–Trinajstić information content (AvgIpc) is 2.88. The van der Waals surface area contributed by atoms with Crippen LogP contribution in [-0.2, 0) is 9.59 Å². The molecule has 0 bridgehead atoms. The lowest BCUT2D eigenvalue weighted by molar-refractivity contribution is -0.138. The molecule has 0 aromatic heterocycles. The van der Waals surface area contributed by atoms with Crippen LogP contribution in [0.3, 0.4) is 0 Å². The van der Waals surface area contributed by atoms with Gasteiger partial charge in [0, 0.05) is 25.6 Å². The number of carboxylic acids is 1. The van der Waals surface area contributed by atoms with Gasteiger partial charge in [0.15, 0.2) is 0 Å². The monoisotopic (exact) mass is 380 g/mol. The van der Waals surface area contributed by atoms with Gasteiger partial charge in [0.2, 0.25) is 5.91 Å². The van der Waals surface area contributed by atoms with E-state index in [0.29, 0.717) is 23.7 Å². The molecule has 2 fully saturated rings. The zero-order valence-electron chi connectivity index (χ0n) is 17.9. The summed E-state index contributed by atoms with van der Waals surface area (Å²) in [5.74, 6) is 0.888. The molecule has 0 aromatic carbocycles. The van der Waals surface area contributed by atoms with Gasteiger partial charge in [0.05, 0.1) is 6.54 Å². The minimum absolute atomic E-state index is 0.0793. The minimum Gasteiger partial charge on any atom is -0.480 e. The topological polar surface area (TPSA) is 60.9 Å². The summed E-state index contributed by atoms with van der Waals surface area (Å²) in [5, 5.41) is 8.99. The summed E-state index contributed by atoms with van der Waals surface area (Å²) in [6.45, 7) is 8.74. The number of likely N-dealkylation sites (N-methyl/N-ethyl adjacent to an activating group) is 1. The smallest absolute Gasteiger partial charge is 0.317 e. The van der Waals surface area contributed by atoms with Crippen molar-refractivity contribution in [1.29, 1.82) is 0 Å². The first-order valence-corrected chi connectivity index (χ1v) is 10.9. The van der Waals surface area contributed by atoms with Crippen molar-refractivity contribution < 1.29 is 14.7 Å². The fraction of sp³-hybridized carbons (Fsp3) is 0.909. The highest BCUT2D eigenvalue weighted by molar-refractivity contribution is 5.76. The van der Waals surface area contributed by atoms with E-state index in [9.17, 15) is 9.59 Å². The molecular formula is C22H40N2O3. The Morgan fingerprint density at radius 3 is 2.33 bits per heavy atom. The molecule has 1 heterocycles. The van der Waals surface area contributed by atoms with Crippen molar-refractivity contribution in [1.82, 2.24) is 9.80 Å². The summed E-state index contributed by atoms with van der Waals surface area (Å²) in [7, 11) is 1.88. The van der Waals surface area contributed by atoms with Gasteiger partial charge >= 0.3 is 5.97 Å². The molecule has 0 spiro atoms. The first kappa shape index (κ1) is 22.2. The number of nitrogens with zero attached hydrogens (tertiary/aromatic N) is 2. The van der Waals surface area contributed by atoms with Crippen LogP contribution < -0.4 is 0 Å². The third-order valence-electron chi connectivity index (χ3n) is 7.38. The highest BCUT2D eigenvalue weighted by Crippen LogP contribution is 2.42. The van der Waals surface area contributed by atoms with E-state index in [1.54, 1.807) is 0 Å². The van der Waals surface area contributed by atoms with Crippen LogP contribution in [0, 0.1) is 17.3 Å². The maximum atomic E-state index is 12.8. The summed E-state index contributed by atoms with van der Waals surface area (Å²) in [6, 6.07) is 0.269. The lowest BCUT2D eigenvalue weighted by Gasteiger charge is -2.39. The summed E-state index contributed by atoms with van der Waals surface area (Å²) < 4.78 is 0. The van der Waals surface area contributed by atoms with E-state index in [-0.39, 0.29) is 12.6 Å². The molecule has 5 heteroatoms. The number of carboxylic acid groups (broad SMARTS) is 1. The fourth-order valence-corrected chi connectivity index (χ4v) is 4.92. The van der Waals surface area contributed by atoms with Crippen molar-refractivity contribution in [3.8, 4) is 0 Å². The first-order chi connectivity index (χ1) is 12.7. The van der Waals surface area contributed by atoms with Crippen LogP contribution in [0.2, 0.25) is 0 Å². The Morgan fingerprint density at radius 2 is 1.74 bits per heavy atom. The third-order valence-corrected chi connectivity index (χ3v) is 7.38. The largest absolute Gasteiger partial charge is 0.480 e. The molecule has 1 unspecified atom stereocenters. The first-order valence-electron chi connectivity index (χ1n) is 10.9. The molecule has 156 valence electrons. The molecule has 2 rings (SSSR count). The van der Waals surface area contributed by atoms with Crippen molar-refractivity contribution in [2.24, 2.45) is 17.3 Å². The van der Waals surface area contributed by atoms with Gasteiger partial charge in [-0.05, 0) is 69.2 Å². The van der Waals surface area contributed by atoms with Gasteiger partial charge in [0.25, 0.3) is 0 Å². The van der Waals surface area contributed by atoms with Gasteiger partial charge in [-0.25, -0.2) is 0 Å². The summed E-state index contributed by atoms with van der Waals surface area (Å²) in [4.78, 5) is 27.7. The number of carbonyl (C=O) groups is 2. The molecule has 1 saturated heterocycles. The lowest BCUT2D eigenvalue weighted by atomic mass is 9.67. The van der Waals surface area contributed by atoms with Crippen LogP contribution in [0.4, 0.5) is 0 Å². The normalized spacial score (nSPS) is 27.4. The predicted octanol–water partition coefficient (Wildman–Crippen LogP) is 4.02. The molecule has 27 heavy (non-hydrogen) atoms. The van der Waals surface area contributed by atoms with E-state index in [2.05, 4.69) is 20.8 Å². The predicted molar refractivity (Wildman–Crippen MR) is 109 cm³/mol. The Bertz CT molecular complexity index is 498. The van der Waals surface area contributed by atoms with Crippen molar-refractivity contribution in [3.05, 3.63) is 0 Å². The molecule has 2 aliphatic rings. The molecular weight excluding hydrogens is 340 g/mol. The van der Waals surface area contributed by atoms with Crippen molar-refractivity contribution in [2.75, 3.05) is 26.7 Å². The Kier molecular flexibility index (Phi) is 8.14. The van der Waals surface area contributed by atoms with Crippen LogP contribution in [0.15, 0.2) is 0 Å². The number of rotatable bonds is 7. The Labute approximate surface area is 165 Å². The highest BCUT2D eigenvalue weighted by atomic mass is 16.4.